The normalized spacial score (nSPS) is 31.3. The van der Waals surface area contributed by atoms with Crippen molar-refractivity contribution in [3.8, 4) is 0 Å². The van der Waals surface area contributed by atoms with Gasteiger partial charge in [0, 0.05) is 18.8 Å². The molecule has 1 saturated heterocycles. The molecule has 2 rings (SSSR count). The van der Waals surface area contributed by atoms with E-state index in [1.807, 2.05) is 0 Å². The van der Waals surface area contributed by atoms with Crippen LogP contribution in [0.2, 0.25) is 0 Å². The maximum atomic E-state index is 6.61. The minimum absolute atomic E-state index is 0.106. The van der Waals surface area contributed by atoms with Crippen molar-refractivity contribution in [3.05, 3.63) is 0 Å². The lowest BCUT2D eigenvalue weighted by atomic mass is 9.61. The monoisotopic (exact) mass is 197 g/mol. The van der Waals surface area contributed by atoms with Crippen LogP contribution in [-0.2, 0) is 4.74 Å². The van der Waals surface area contributed by atoms with E-state index in [0.29, 0.717) is 5.41 Å². The first-order valence-corrected chi connectivity index (χ1v) is 6.03. The van der Waals surface area contributed by atoms with Crippen molar-refractivity contribution >= 4 is 0 Å². The number of nitrogens with two attached hydrogens (primary N) is 1. The summed E-state index contributed by atoms with van der Waals surface area (Å²) in [6, 6.07) is 0. The van der Waals surface area contributed by atoms with Crippen LogP contribution in [0, 0.1) is 5.41 Å². The van der Waals surface area contributed by atoms with E-state index in [9.17, 15) is 0 Å². The molecule has 2 heteroatoms. The van der Waals surface area contributed by atoms with Crippen LogP contribution in [0.4, 0.5) is 0 Å². The second-order valence-corrected chi connectivity index (χ2v) is 5.39. The Balaban J connectivity index is 2.09. The average molecular weight is 197 g/mol. The highest BCUT2D eigenvalue weighted by Crippen LogP contribution is 2.46. The molecule has 2 nitrogen and oxygen atoms in total. The lowest BCUT2D eigenvalue weighted by molar-refractivity contribution is -0.0311. The fraction of sp³-hybridized carbons (Fsp3) is 1.00. The second kappa shape index (κ2) is 3.82. The molecule has 82 valence electrons. The Bertz CT molecular complexity index is 168. The molecule has 0 amide bonds. The zero-order chi connectivity index (χ0) is 10.1. The van der Waals surface area contributed by atoms with Crippen molar-refractivity contribution in [3.63, 3.8) is 0 Å². The molecule has 0 bridgehead atoms. The van der Waals surface area contributed by atoms with Crippen LogP contribution in [0.1, 0.15) is 51.9 Å². The molecular weight excluding hydrogens is 174 g/mol. The summed E-state index contributed by atoms with van der Waals surface area (Å²) >= 11 is 0. The zero-order valence-electron chi connectivity index (χ0n) is 9.35. The van der Waals surface area contributed by atoms with Gasteiger partial charge in [0.05, 0.1) is 0 Å². The summed E-state index contributed by atoms with van der Waals surface area (Å²) in [7, 11) is 0. The van der Waals surface area contributed by atoms with E-state index in [4.69, 9.17) is 10.5 Å². The van der Waals surface area contributed by atoms with Crippen molar-refractivity contribution in [2.45, 2.75) is 57.4 Å². The lowest BCUT2D eigenvalue weighted by Gasteiger charge is -2.50. The lowest BCUT2D eigenvalue weighted by Crippen LogP contribution is -2.57. The maximum Gasteiger partial charge on any atom is 0.0471 e. The first kappa shape index (κ1) is 10.4. The largest absolute Gasteiger partial charge is 0.381 e. The topological polar surface area (TPSA) is 35.2 Å². The van der Waals surface area contributed by atoms with E-state index < -0.39 is 0 Å². The number of ether oxygens (including phenoxy) is 1. The van der Waals surface area contributed by atoms with Crippen LogP contribution in [0.5, 0.6) is 0 Å². The molecular formula is C12H23NO. The van der Waals surface area contributed by atoms with Crippen LogP contribution in [0.25, 0.3) is 0 Å². The highest BCUT2D eigenvalue weighted by molar-refractivity contribution is 5.02. The van der Waals surface area contributed by atoms with Gasteiger partial charge in [-0.3, -0.25) is 0 Å². The molecule has 2 N–H and O–H groups in total. The third-order valence-corrected chi connectivity index (χ3v) is 4.54. The van der Waals surface area contributed by atoms with E-state index in [1.165, 1.54) is 32.1 Å². The van der Waals surface area contributed by atoms with Crippen molar-refractivity contribution in [2.24, 2.45) is 11.1 Å². The quantitative estimate of drug-likeness (QED) is 0.701. The molecule has 0 radical (unpaired) electrons. The summed E-state index contributed by atoms with van der Waals surface area (Å²) in [5.41, 5.74) is 7.06. The highest BCUT2D eigenvalue weighted by Gasteiger charge is 2.45. The van der Waals surface area contributed by atoms with E-state index in [2.05, 4.69) is 6.92 Å². The van der Waals surface area contributed by atoms with Gasteiger partial charge in [-0.25, -0.2) is 0 Å². The third kappa shape index (κ3) is 1.70. The summed E-state index contributed by atoms with van der Waals surface area (Å²) in [6.45, 7) is 4.20. The fourth-order valence-corrected chi connectivity index (χ4v) is 3.11. The predicted octanol–water partition coefficient (Wildman–Crippen LogP) is 2.46. The number of hydrogen-bond acceptors (Lipinski definition) is 2. The highest BCUT2D eigenvalue weighted by atomic mass is 16.5. The van der Waals surface area contributed by atoms with Gasteiger partial charge in [-0.15, -0.1) is 0 Å². The van der Waals surface area contributed by atoms with Gasteiger partial charge in [-0.05, 0) is 31.1 Å². The van der Waals surface area contributed by atoms with Gasteiger partial charge in [0.15, 0.2) is 0 Å². The average Bonchev–Trinajstić information content (AvgIpc) is 2.20. The van der Waals surface area contributed by atoms with E-state index in [0.717, 1.165) is 26.1 Å². The van der Waals surface area contributed by atoms with Crippen molar-refractivity contribution < 1.29 is 4.74 Å². The van der Waals surface area contributed by atoms with Crippen molar-refractivity contribution in [2.75, 3.05) is 13.2 Å². The van der Waals surface area contributed by atoms with Gasteiger partial charge in [-0.1, -0.05) is 26.2 Å². The molecule has 0 aromatic heterocycles. The summed E-state index contributed by atoms with van der Waals surface area (Å²) in [5.74, 6) is 0. The first-order valence-electron chi connectivity index (χ1n) is 6.03. The van der Waals surface area contributed by atoms with Crippen molar-refractivity contribution in [1.82, 2.24) is 0 Å². The molecule has 0 aromatic carbocycles. The van der Waals surface area contributed by atoms with E-state index in [-0.39, 0.29) is 5.54 Å². The summed E-state index contributed by atoms with van der Waals surface area (Å²) in [4.78, 5) is 0. The summed E-state index contributed by atoms with van der Waals surface area (Å²) < 4.78 is 5.45. The number of rotatable bonds is 1. The standard InChI is InChI=1S/C12H23NO/c1-11(7-9-14-10-8-11)12(13)5-3-2-4-6-12/h2-10,13H2,1H3. The maximum absolute atomic E-state index is 6.61. The Kier molecular flexibility index (Phi) is 2.85. The van der Waals surface area contributed by atoms with Crippen LogP contribution in [0.15, 0.2) is 0 Å². The molecule has 1 aliphatic carbocycles. The molecule has 14 heavy (non-hydrogen) atoms. The zero-order valence-corrected chi connectivity index (χ0v) is 9.35. The van der Waals surface area contributed by atoms with Crippen molar-refractivity contribution in [1.29, 1.82) is 0 Å². The van der Waals surface area contributed by atoms with Gasteiger partial charge < -0.3 is 10.5 Å². The minimum atomic E-state index is 0.106. The second-order valence-electron chi connectivity index (χ2n) is 5.39. The van der Waals surface area contributed by atoms with Crippen LogP contribution in [-0.4, -0.2) is 18.8 Å². The molecule has 1 saturated carbocycles. The van der Waals surface area contributed by atoms with E-state index >= 15 is 0 Å². The molecule has 2 fully saturated rings. The van der Waals surface area contributed by atoms with Gasteiger partial charge >= 0.3 is 0 Å². The van der Waals surface area contributed by atoms with Crippen LogP contribution < -0.4 is 5.73 Å². The number of hydrogen-bond donors (Lipinski definition) is 1. The molecule has 0 unspecified atom stereocenters. The molecule has 0 atom stereocenters. The Hall–Kier alpha value is -0.0800. The summed E-state index contributed by atoms with van der Waals surface area (Å²) in [6.07, 6.45) is 8.80. The molecule has 0 spiro atoms. The Morgan fingerprint density at radius 2 is 1.50 bits per heavy atom. The smallest absolute Gasteiger partial charge is 0.0471 e. The van der Waals surface area contributed by atoms with Gasteiger partial charge in [-0.2, -0.15) is 0 Å². The molecule has 1 heterocycles. The Morgan fingerprint density at radius 1 is 0.929 bits per heavy atom. The first-order chi connectivity index (χ1) is 6.66. The van der Waals surface area contributed by atoms with Gasteiger partial charge in [0.25, 0.3) is 0 Å². The molecule has 0 aromatic rings. The fourth-order valence-electron chi connectivity index (χ4n) is 3.11. The molecule has 1 aliphatic heterocycles. The molecule has 2 aliphatic rings. The van der Waals surface area contributed by atoms with Gasteiger partial charge in [0.1, 0.15) is 0 Å². The van der Waals surface area contributed by atoms with E-state index in [1.54, 1.807) is 0 Å². The SMILES string of the molecule is CC1(C2(N)CCCCC2)CCOCC1. The van der Waals surface area contributed by atoms with Gasteiger partial charge in [0.2, 0.25) is 0 Å². The third-order valence-electron chi connectivity index (χ3n) is 4.54. The predicted molar refractivity (Wildman–Crippen MR) is 58.2 cm³/mol. The Labute approximate surface area is 87.2 Å². The Morgan fingerprint density at radius 3 is 2.07 bits per heavy atom. The van der Waals surface area contributed by atoms with Crippen LogP contribution >= 0.6 is 0 Å². The van der Waals surface area contributed by atoms with Crippen LogP contribution in [0.3, 0.4) is 0 Å². The summed E-state index contributed by atoms with van der Waals surface area (Å²) in [5, 5.41) is 0. The minimum Gasteiger partial charge on any atom is -0.381 e.